The van der Waals surface area contributed by atoms with Crippen molar-refractivity contribution < 1.29 is 10.0 Å². The number of hydrogen-bond acceptors (Lipinski definition) is 3. The lowest BCUT2D eigenvalue weighted by molar-refractivity contribution is 0.106. The summed E-state index contributed by atoms with van der Waals surface area (Å²) < 4.78 is 0.869. The second-order valence-electron chi connectivity index (χ2n) is 3.53. The van der Waals surface area contributed by atoms with Gasteiger partial charge in [0.15, 0.2) is 0 Å². The van der Waals surface area contributed by atoms with Gasteiger partial charge in [0.1, 0.15) is 5.71 Å². The van der Waals surface area contributed by atoms with Crippen LogP contribution in [0.15, 0.2) is 27.8 Å². The van der Waals surface area contributed by atoms with Crippen LogP contribution in [0.1, 0.15) is 28.8 Å². The summed E-state index contributed by atoms with van der Waals surface area (Å²) in [6.45, 7) is 0. The average Bonchev–Trinajstić information content (AvgIpc) is 2.39. The number of ketones is 1. The first-order valence-corrected chi connectivity index (χ1v) is 5.55. The van der Waals surface area contributed by atoms with Crippen molar-refractivity contribution >= 4 is 27.4 Å². The SMILES string of the molecule is O=C1/C(=N/O)CCCc2ccc(Br)cc21. The number of carbonyl (C=O) groups is 1. The number of benzene rings is 1. The summed E-state index contributed by atoms with van der Waals surface area (Å²) in [5, 5.41) is 11.8. The van der Waals surface area contributed by atoms with Crippen LogP contribution in [0.5, 0.6) is 0 Å². The minimum absolute atomic E-state index is 0.161. The van der Waals surface area contributed by atoms with Crippen molar-refractivity contribution in [3.05, 3.63) is 33.8 Å². The Labute approximate surface area is 95.9 Å². The van der Waals surface area contributed by atoms with Crippen LogP contribution in [0, 0.1) is 0 Å². The maximum atomic E-state index is 11.9. The number of Topliss-reactive ketones (excluding diaryl/α,β-unsaturated/α-hetero) is 1. The third-order valence-electron chi connectivity index (χ3n) is 2.56. The summed E-state index contributed by atoms with van der Waals surface area (Å²) in [6.07, 6.45) is 2.24. The van der Waals surface area contributed by atoms with E-state index in [0.29, 0.717) is 12.0 Å². The first kappa shape index (κ1) is 10.4. The number of halogens is 1. The Balaban J connectivity index is 2.54. The van der Waals surface area contributed by atoms with Gasteiger partial charge >= 0.3 is 0 Å². The highest BCUT2D eigenvalue weighted by Gasteiger charge is 2.21. The van der Waals surface area contributed by atoms with Gasteiger partial charge in [0.25, 0.3) is 0 Å². The molecular weight excluding hydrogens is 258 g/mol. The van der Waals surface area contributed by atoms with E-state index in [-0.39, 0.29) is 11.5 Å². The van der Waals surface area contributed by atoms with E-state index in [1.807, 2.05) is 12.1 Å². The molecule has 0 radical (unpaired) electrons. The molecule has 0 fully saturated rings. The molecule has 0 saturated heterocycles. The van der Waals surface area contributed by atoms with Crippen LogP contribution in [0.2, 0.25) is 0 Å². The summed E-state index contributed by atoms with van der Waals surface area (Å²) in [6, 6.07) is 5.65. The Morgan fingerprint density at radius 3 is 2.87 bits per heavy atom. The van der Waals surface area contributed by atoms with E-state index in [9.17, 15) is 4.79 Å². The number of nitrogens with zero attached hydrogens (tertiary/aromatic N) is 1. The molecule has 0 aromatic heterocycles. The normalized spacial score (nSPS) is 18.7. The predicted octanol–water partition coefficient (Wildman–Crippen LogP) is 2.80. The maximum Gasteiger partial charge on any atom is 0.210 e. The fourth-order valence-electron chi connectivity index (χ4n) is 1.79. The van der Waals surface area contributed by atoms with Crippen molar-refractivity contribution in [3.63, 3.8) is 0 Å². The second-order valence-corrected chi connectivity index (χ2v) is 4.45. The molecule has 1 aliphatic carbocycles. The number of oxime groups is 1. The van der Waals surface area contributed by atoms with Gasteiger partial charge in [-0.3, -0.25) is 4.79 Å². The standard InChI is InChI=1S/C11H10BrNO2/c12-8-5-4-7-2-1-3-10(13-15)11(14)9(7)6-8/h4-6,15H,1-3H2/b13-10+. The average molecular weight is 268 g/mol. The topological polar surface area (TPSA) is 49.7 Å². The lowest BCUT2D eigenvalue weighted by atomic mass is 10.0. The molecule has 0 saturated carbocycles. The van der Waals surface area contributed by atoms with Gasteiger partial charge in [-0.15, -0.1) is 0 Å². The molecule has 78 valence electrons. The summed E-state index contributed by atoms with van der Waals surface area (Å²) in [5.74, 6) is -0.161. The highest BCUT2D eigenvalue weighted by molar-refractivity contribution is 9.10. The predicted molar refractivity (Wildman–Crippen MR) is 60.6 cm³/mol. The van der Waals surface area contributed by atoms with Gasteiger partial charge in [-0.2, -0.15) is 0 Å². The van der Waals surface area contributed by atoms with E-state index >= 15 is 0 Å². The van der Waals surface area contributed by atoms with Gasteiger partial charge in [0.2, 0.25) is 5.78 Å². The third kappa shape index (κ3) is 1.95. The van der Waals surface area contributed by atoms with Crippen LogP contribution >= 0.6 is 15.9 Å². The van der Waals surface area contributed by atoms with Gasteiger partial charge in [-0.05, 0) is 37.0 Å². The molecule has 0 amide bonds. The minimum atomic E-state index is -0.161. The van der Waals surface area contributed by atoms with Crippen molar-refractivity contribution in [2.45, 2.75) is 19.3 Å². The van der Waals surface area contributed by atoms with Crippen LogP contribution in [-0.4, -0.2) is 16.7 Å². The van der Waals surface area contributed by atoms with E-state index in [1.54, 1.807) is 6.07 Å². The Bertz CT molecular complexity index is 440. The zero-order valence-corrected chi connectivity index (χ0v) is 9.62. The number of hydrogen-bond donors (Lipinski definition) is 1. The van der Waals surface area contributed by atoms with Crippen molar-refractivity contribution in [1.82, 2.24) is 0 Å². The maximum absolute atomic E-state index is 11.9. The number of fused-ring (bicyclic) bond motifs is 1. The van der Waals surface area contributed by atoms with Crippen molar-refractivity contribution in [2.75, 3.05) is 0 Å². The number of carbonyl (C=O) groups excluding carboxylic acids is 1. The van der Waals surface area contributed by atoms with E-state index in [4.69, 9.17) is 5.21 Å². The Morgan fingerprint density at radius 1 is 1.33 bits per heavy atom. The lowest BCUT2D eigenvalue weighted by Gasteiger charge is -2.04. The zero-order chi connectivity index (χ0) is 10.8. The molecule has 3 nitrogen and oxygen atoms in total. The molecule has 2 rings (SSSR count). The molecule has 1 aliphatic rings. The summed E-state index contributed by atoms with van der Waals surface area (Å²) in [4.78, 5) is 11.9. The zero-order valence-electron chi connectivity index (χ0n) is 8.03. The highest BCUT2D eigenvalue weighted by atomic mass is 79.9. The lowest BCUT2D eigenvalue weighted by Crippen LogP contribution is -2.13. The second kappa shape index (κ2) is 4.14. The van der Waals surface area contributed by atoms with Crippen LogP contribution in [-0.2, 0) is 6.42 Å². The van der Waals surface area contributed by atoms with Crippen LogP contribution in [0.4, 0.5) is 0 Å². The van der Waals surface area contributed by atoms with Gasteiger partial charge in [0, 0.05) is 10.0 Å². The van der Waals surface area contributed by atoms with E-state index < -0.39 is 0 Å². The molecule has 0 bridgehead atoms. The van der Waals surface area contributed by atoms with Crippen molar-refractivity contribution in [3.8, 4) is 0 Å². The van der Waals surface area contributed by atoms with E-state index in [0.717, 1.165) is 22.9 Å². The number of rotatable bonds is 0. The van der Waals surface area contributed by atoms with Crippen LogP contribution in [0.3, 0.4) is 0 Å². The van der Waals surface area contributed by atoms with Gasteiger partial charge < -0.3 is 5.21 Å². The molecule has 0 aliphatic heterocycles. The largest absolute Gasteiger partial charge is 0.411 e. The van der Waals surface area contributed by atoms with Gasteiger partial charge in [0.05, 0.1) is 0 Å². The first-order chi connectivity index (χ1) is 7.22. The molecule has 0 spiro atoms. The quantitative estimate of drug-likeness (QED) is 0.447. The number of aryl methyl sites for hydroxylation is 1. The Kier molecular flexibility index (Phi) is 2.86. The van der Waals surface area contributed by atoms with Gasteiger partial charge in [-0.1, -0.05) is 27.2 Å². The molecule has 0 heterocycles. The molecular formula is C11H10BrNO2. The molecule has 1 N–H and O–H groups in total. The third-order valence-corrected chi connectivity index (χ3v) is 3.05. The first-order valence-electron chi connectivity index (χ1n) is 4.76. The van der Waals surface area contributed by atoms with E-state index in [1.165, 1.54) is 0 Å². The fourth-order valence-corrected chi connectivity index (χ4v) is 2.15. The Hall–Kier alpha value is -1.16. The smallest absolute Gasteiger partial charge is 0.210 e. The van der Waals surface area contributed by atoms with Crippen LogP contribution < -0.4 is 0 Å². The molecule has 4 heteroatoms. The molecule has 0 atom stereocenters. The highest BCUT2D eigenvalue weighted by Crippen LogP contribution is 2.23. The summed E-state index contributed by atoms with van der Waals surface area (Å²) >= 11 is 3.33. The Morgan fingerprint density at radius 2 is 2.13 bits per heavy atom. The monoisotopic (exact) mass is 267 g/mol. The van der Waals surface area contributed by atoms with E-state index in [2.05, 4.69) is 21.1 Å². The van der Waals surface area contributed by atoms with Gasteiger partial charge in [-0.25, -0.2) is 0 Å². The summed E-state index contributed by atoms with van der Waals surface area (Å²) in [7, 11) is 0. The van der Waals surface area contributed by atoms with Crippen molar-refractivity contribution in [2.24, 2.45) is 5.16 Å². The molecule has 1 aromatic rings. The molecule has 1 aromatic carbocycles. The van der Waals surface area contributed by atoms with Crippen molar-refractivity contribution in [1.29, 1.82) is 0 Å². The fraction of sp³-hybridized carbons (Fsp3) is 0.273. The molecule has 15 heavy (non-hydrogen) atoms. The summed E-state index contributed by atoms with van der Waals surface area (Å²) in [5.41, 5.74) is 1.93. The minimum Gasteiger partial charge on any atom is -0.411 e. The van der Waals surface area contributed by atoms with Crippen LogP contribution in [0.25, 0.3) is 0 Å². The molecule has 0 unspecified atom stereocenters.